The number of nitrogens with one attached hydrogen (secondary N) is 2. The van der Waals surface area contributed by atoms with E-state index in [2.05, 4.69) is 21.9 Å². The predicted octanol–water partition coefficient (Wildman–Crippen LogP) is 2.05. The Balaban J connectivity index is 2.51. The highest BCUT2D eigenvalue weighted by Gasteiger charge is 2.39. The molecule has 0 aromatic heterocycles. The number of ether oxygens (including phenoxy) is 1. The van der Waals surface area contributed by atoms with Crippen LogP contribution in [0.5, 0.6) is 0 Å². The molecule has 23 heavy (non-hydrogen) atoms. The third-order valence-corrected chi connectivity index (χ3v) is 2.91. The molecule has 0 spiro atoms. The number of carbonyl (C=O) groups excluding carboxylic acids is 2. The van der Waals surface area contributed by atoms with Gasteiger partial charge in [0.15, 0.2) is 6.10 Å². The fourth-order valence-corrected chi connectivity index (χ4v) is 1.69. The third kappa shape index (κ3) is 6.52. The minimum atomic E-state index is -4.53. The van der Waals surface area contributed by atoms with Crippen LogP contribution in [0.2, 0.25) is 0 Å². The van der Waals surface area contributed by atoms with Crippen molar-refractivity contribution in [3.8, 4) is 0 Å². The second-order valence-corrected chi connectivity index (χ2v) is 4.64. The minimum absolute atomic E-state index is 0.0794. The molecule has 0 aliphatic rings. The molecule has 126 valence electrons. The van der Waals surface area contributed by atoms with Crippen LogP contribution in [0.25, 0.3) is 0 Å². The molecule has 0 saturated carbocycles. The number of benzene rings is 1. The monoisotopic (exact) mass is 330 g/mol. The number of hydrogen-bond acceptors (Lipinski definition) is 3. The molecule has 0 saturated heterocycles. The average molecular weight is 330 g/mol. The summed E-state index contributed by atoms with van der Waals surface area (Å²) in [5.74, 6) is -0.924. The maximum absolute atomic E-state index is 12.5. The van der Waals surface area contributed by atoms with Gasteiger partial charge in [-0.15, -0.1) is 0 Å². The molecule has 0 aliphatic carbocycles. The number of carbonyl (C=O) groups is 2. The van der Waals surface area contributed by atoms with Gasteiger partial charge in [0.05, 0.1) is 13.0 Å². The highest BCUT2D eigenvalue weighted by molar-refractivity contribution is 5.98. The van der Waals surface area contributed by atoms with E-state index in [1.165, 1.54) is 0 Å². The third-order valence-electron chi connectivity index (χ3n) is 2.91. The molecular weight excluding hydrogens is 313 g/mol. The van der Waals surface area contributed by atoms with Gasteiger partial charge in [-0.25, -0.2) is 0 Å². The first-order valence-electron chi connectivity index (χ1n) is 6.65. The quantitative estimate of drug-likeness (QED) is 0.752. The zero-order chi connectivity index (χ0) is 17.5. The first-order chi connectivity index (χ1) is 10.8. The Kier molecular flexibility index (Phi) is 6.77. The van der Waals surface area contributed by atoms with E-state index < -0.39 is 24.7 Å². The summed E-state index contributed by atoms with van der Waals surface area (Å²) in [6, 6.07) is 6.35. The molecule has 2 N–H and O–H groups in total. The standard InChI is InChI=1S/C15H17F3N2O3/c1-3-13(21)20-11-6-4-10(5-7-11)8-14(22)19-9-12(23-2)15(16,17)18/h3-7,12H,1,8-9H2,2H3,(H,19,22)(H,20,21). The lowest BCUT2D eigenvalue weighted by Gasteiger charge is -2.19. The summed E-state index contributed by atoms with van der Waals surface area (Å²) < 4.78 is 41.7. The lowest BCUT2D eigenvalue weighted by atomic mass is 10.1. The van der Waals surface area contributed by atoms with Crippen LogP contribution < -0.4 is 10.6 Å². The molecule has 0 aliphatic heterocycles. The van der Waals surface area contributed by atoms with Crippen LogP contribution in [-0.4, -0.2) is 37.7 Å². The van der Waals surface area contributed by atoms with Crippen molar-refractivity contribution in [2.75, 3.05) is 19.0 Å². The van der Waals surface area contributed by atoms with Gasteiger partial charge >= 0.3 is 6.18 Å². The van der Waals surface area contributed by atoms with Crippen molar-refractivity contribution in [2.24, 2.45) is 0 Å². The first-order valence-corrected chi connectivity index (χ1v) is 6.65. The van der Waals surface area contributed by atoms with E-state index in [0.29, 0.717) is 11.3 Å². The lowest BCUT2D eigenvalue weighted by molar-refractivity contribution is -0.210. The molecular formula is C15H17F3N2O3. The van der Waals surface area contributed by atoms with E-state index in [4.69, 9.17) is 0 Å². The fraction of sp³-hybridized carbons (Fsp3) is 0.333. The Labute approximate surface area is 131 Å². The van der Waals surface area contributed by atoms with Crippen LogP contribution in [0.3, 0.4) is 0 Å². The molecule has 1 aromatic carbocycles. The molecule has 0 bridgehead atoms. The molecule has 0 radical (unpaired) electrons. The van der Waals surface area contributed by atoms with Crippen LogP contribution in [0, 0.1) is 0 Å². The van der Waals surface area contributed by atoms with Gasteiger partial charge in [-0.05, 0) is 23.8 Å². The van der Waals surface area contributed by atoms with Crippen molar-refractivity contribution in [3.05, 3.63) is 42.5 Å². The number of rotatable bonds is 7. The van der Waals surface area contributed by atoms with Crippen LogP contribution >= 0.6 is 0 Å². The van der Waals surface area contributed by atoms with Crippen LogP contribution in [0.1, 0.15) is 5.56 Å². The van der Waals surface area contributed by atoms with E-state index in [9.17, 15) is 22.8 Å². The number of alkyl halides is 3. The van der Waals surface area contributed by atoms with Crippen LogP contribution in [0.15, 0.2) is 36.9 Å². The highest BCUT2D eigenvalue weighted by Crippen LogP contribution is 2.21. The van der Waals surface area contributed by atoms with Crippen LogP contribution in [0.4, 0.5) is 18.9 Å². The first kappa shape index (κ1) is 18.7. The number of methoxy groups -OCH3 is 1. The normalized spacial score (nSPS) is 12.3. The summed E-state index contributed by atoms with van der Waals surface area (Å²) in [5, 5.41) is 4.72. The van der Waals surface area contributed by atoms with E-state index in [1.54, 1.807) is 24.3 Å². The molecule has 0 fully saturated rings. The molecule has 1 rings (SSSR count). The van der Waals surface area contributed by atoms with E-state index in [1.807, 2.05) is 0 Å². The Morgan fingerprint density at radius 1 is 1.30 bits per heavy atom. The summed E-state index contributed by atoms with van der Waals surface area (Å²) in [6.07, 6.45) is -5.53. The topological polar surface area (TPSA) is 67.4 Å². The number of hydrogen-bond donors (Lipinski definition) is 2. The van der Waals surface area contributed by atoms with Gasteiger partial charge in [0, 0.05) is 12.8 Å². The van der Waals surface area contributed by atoms with Gasteiger partial charge in [-0.1, -0.05) is 18.7 Å². The highest BCUT2D eigenvalue weighted by atomic mass is 19.4. The second-order valence-electron chi connectivity index (χ2n) is 4.64. The minimum Gasteiger partial charge on any atom is -0.370 e. The van der Waals surface area contributed by atoms with E-state index in [0.717, 1.165) is 13.2 Å². The van der Waals surface area contributed by atoms with Crippen molar-refractivity contribution >= 4 is 17.5 Å². The van der Waals surface area contributed by atoms with Crippen molar-refractivity contribution in [1.82, 2.24) is 5.32 Å². The van der Waals surface area contributed by atoms with Gasteiger partial charge in [-0.3, -0.25) is 9.59 Å². The Morgan fingerprint density at radius 3 is 2.39 bits per heavy atom. The van der Waals surface area contributed by atoms with Gasteiger partial charge in [-0.2, -0.15) is 13.2 Å². The maximum Gasteiger partial charge on any atom is 0.416 e. The zero-order valence-corrected chi connectivity index (χ0v) is 12.4. The summed E-state index contributed by atoms with van der Waals surface area (Å²) in [7, 11) is 0.931. The Morgan fingerprint density at radius 2 is 1.91 bits per heavy atom. The molecule has 0 heterocycles. The predicted molar refractivity (Wildman–Crippen MR) is 78.8 cm³/mol. The van der Waals surface area contributed by atoms with Crippen molar-refractivity contribution in [2.45, 2.75) is 18.7 Å². The van der Waals surface area contributed by atoms with Crippen molar-refractivity contribution in [1.29, 1.82) is 0 Å². The second kappa shape index (κ2) is 8.33. The summed E-state index contributed by atoms with van der Waals surface area (Å²) in [4.78, 5) is 22.8. The summed E-state index contributed by atoms with van der Waals surface area (Å²) in [5.41, 5.74) is 1.12. The smallest absolute Gasteiger partial charge is 0.370 e. The van der Waals surface area contributed by atoms with E-state index >= 15 is 0 Å². The summed E-state index contributed by atoms with van der Waals surface area (Å²) >= 11 is 0. The Bertz CT molecular complexity index is 556. The van der Waals surface area contributed by atoms with Crippen molar-refractivity contribution < 1.29 is 27.5 Å². The van der Waals surface area contributed by atoms with Gasteiger partial charge in [0.2, 0.25) is 11.8 Å². The van der Waals surface area contributed by atoms with E-state index in [-0.39, 0.29) is 12.3 Å². The Hall–Kier alpha value is -2.35. The SMILES string of the molecule is C=CC(=O)Nc1ccc(CC(=O)NCC(OC)C(F)(F)F)cc1. The zero-order valence-electron chi connectivity index (χ0n) is 12.4. The summed E-state index contributed by atoms with van der Waals surface area (Å²) in [6.45, 7) is 2.67. The number of amides is 2. The van der Waals surface area contributed by atoms with Crippen LogP contribution in [-0.2, 0) is 20.7 Å². The average Bonchev–Trinajstić information content (AvgIpc) is 2.48. The lowest BCUT2D eigenvalue weighted by Crippen LogP contribution is -2.42. The number of anilines is 1. The maximum atomic E-state index is 12.5. The molecule has 1 atom stereocenters. The van der Waals surface area contributed by atoms with Gasteiger partial charge < -0.3 is 15.4 Å². The molecule has 8 heteroatoms. The number of halogens is 3. The van der Waals surface area contributed by atoms with Crippen molar-refractivity contribution in [3.63, 3.8) is 0 Å². The fourth-order valence-electron chi connectivity index (χ4n) is 1.69. The molecule has 2 amide bonds. The molecule has 1 aromatic rings. The van der Waals surface area contributed by atoms with Gasteiger partial charge in [0.1, 0.15) is 0 Å². The molecule has 1 unspecified atom stereocenters. The largest absolute Gasteiger partial charge is 0.416 e. The molecule has 5 nitrogen and oxygen atoms in total. The van der Waals surface area contributed by atoms with Gasteiger partial charge in [0.25, 0.3) is 0 Å².